The van der Waals surface area contributed by atoms with Gasteiger partial charge in [0.25, 0.3) is 5.56 Å². The highest BCUT2D eigenvalue weighted by molar-refractivity contribution is 5.39. The molecular formula is C17H23N3O2. The minimum absolute atomic E-state index is 0.101. The Morgan fingerprint density at radius 3 is 2.59 bits per heavy atom. The van der Waals surface area contributed by atoms with E-state index in [1.165, 1.54) is 10.7 Å². The molecule has 1 unspecified atom stereocenters. The highest BCUT2D eigenvalue weighted by atomic mass is 16.5. The van der Waals surface area contributed by atoms with Crippen LogP contribution in [0, 0.1) is 12.8 Å². The SMILES string of the molecule is COc1ccc(C(N)c2ccc(=O)n(CC(C)C)n2)cc1C. The van der Waals surface area contributed by atoms with Crippen LogP contribution in [0.1, 0.15) is 36.7 Å². The van der Waals surface area contributed by atoms with Crippen LogP contribution in [-0.4, -0.2) is 16.9 Å². The quantitative estimate of drug-likeness (QED) is 0.919. The predicted octanol–water partition coefficient (Wildman–Crippen LogP) is 2.26. The Labute approximate surface area is 130 Å². The Balaban J connectivity index is 2.34. The normalized spacial score (nSPS) is 12.5. The Bertz CT molecular complexity index is 707. The highest BCUT2D eigenvalue weighted by Gasteiger charge is 2.14. The van der Waals surface area contributed by atoms with Crippen LogP contribution in [0.3, 0.4) is 0 Å². The molecule has 2 N–H and O–H groups in total. The van der Waals surface area contributed by atoms with Crippen LogP contribution in [0.5, 0.6) is 5.75 Å². The van der Waals surface area contributed by atoms with Gasteiger partial charge < -0.3 is 10.5 Å². The zero-order valence-electron chi connectivity index (χ0n) is 13.5. The Morgan fingerprint density at radius 2 is 2.00 bits per heavy atom. The van der Waals surface area contributed by atoms with Crippen molar-refractivity contribution in [2.24, 2.45) is 11.7 Å². The van der Waals surface area contributed by atoms with Crippen molar-refractivity contribution >= 4 is 0 Å². The zero-order valence-corrected chi connectivity index (χ0v) is 13.5. The number of benzene rings is 1. The first-order valence-corrected chi connectivity index (χ1v) is 7.40. The van der Waals surface area contributed by atoms with E-state index in [0.717, 1.165) is 16.9 Å². The van der Waals surface area contributed by atoms with Gasteiger partial charge in [0, 0.05) is 12.6 Å². The van der Waals surface area contributed by atoms with Crippen LogP contribution in [-0.2, 0) is 6.54 Å². The molecule has 0 spiro atoms. The molecule has 0 saturated carbocycles. The predicted molar refractivity (Wildman–Crippen MR) is 87.1 cm³/mol. The molecule has 0 bridgehead atoms. The molecule has 1 aromatic carbocycles. The van der Waals surface area contributed by atoms with E-state index in [2.05, 4.69) is 5.10 Å². The first kappa shape index (κ1) is 16.2. The molecule has 0 amide bonds. The van der Waals surface area contributed by atoms with E-state index in [4.69, 9.17) is 10.5 Å². The Hall–Kier alpha value is -2.14. The van der Waals surface area contributed by atoms with Crippen molar-refractivity contribution in [1.29, 1.82) is 0 Å². The van der Waals surface area contributed by atoms with Gasteiger partial charge in [-0.25, -0.2) is 4.68 Å². The molecule has 2 rings (SSSR count). The smallest absolute Gasteiger partial charge is 0.266 e. The second kappa shape index (κ2) is 6.75. The second-order valence-corrected chi connectivity index (χ2v) is 5.88. The van der Waals surface area contributed by atoms with Crippen LogP contribution in [0.2, 0.25) is 0 Å². The molecule has 1 atom stereocenters. The number of methoxy groups -OCH3 is 1. The van der Waals surface area contributed by atoms with Gasteiger partial charge in [-0.05, 0) is 36.1 Å². The number of ether oxygens (including phenoxy) is 1. The summed E-state index contributed by atoms with van der Waals surface area (Å²) in [5.41, 5.74) is 8.86. The lowest BCUT2D eigenvalue weighted by Crippen LogP contribution is -2.27. The fourth-order valence-electron chi connectivity index (χ4n) is 2.37. The molecule has 0 radical (unpaired) electrons. The lowest BCUT2D eigenvalue weighted by molar-refractivity contribution is 0.411. The fourth-order valence-corrected chi connectivity index (χ4v) is 2.37. The lowest BCUT2D eigenvalue weighted by Gasteiger charge is -2.15. The van der Waals surface area contributed by atoms with E-state index in [1.54, 1.807) is 13.2 Å². The summed E-state index contributed by atoms with van der Waals surface area (Å²) < 4.78 is 6.74. The van der Waals surface area contributed by atoms with Crippen LogP contribution in [0.4, 0.5) is 0 Å². The average molecular weight is 301 g/mol. The van der Waals surface area contributed by atoms with Crippen molar-refractivity contribution in [2.45, 2.75) is 33.4 Å². The van der Waals surface area contributed by atoms with Crippen LogP contribution < -0.4 is 16.0 Å². The Morgan fingerprint density at radius 1 is 1.27 bits per heavy atom. The van der Waals surface area contributed by atoms with Crippen LogP contribution in [0.15, 0.2) is 35.1 Å². The third kappa shape index (κ3) is 3.54. The van der Waals surface area contributed by atoms with E-state index in [9.17, 15) is 4.79 Å². The number of hydrogen-bond acceptors (Lipinski definition) is 4. The minimum atomic E-state index is -0.372. The van der Waals surface area contributed by atoms with Crippen molar-refractivity contribution in [2.75, 3.05) is 7.11 Å². The maximum atomic E-state index is 11.8. The van der Waals surface area contributed by atoms with Crippen molar-refractivity contribution < 1.29 is 4.74 Å². The number of rotatable bonds is 5. The van der Waals surface area contributed by atoms with Crippen LogP contribution >= 0.6 is 0 Å². The molecule has 0 saturated heterocycles. The van der Waals surface area contributed by atoms with E-state index in [-0.39, 0.29) is 11.6 Å². The number of hydrogen-bond donors (Lipinski definition) is 1. The molecule has 0 aliphatic carbocycles. The van der Waals surface area contributed by atoms with Gasteiger partial charge in [-0.1, -0.05) is 26.0 Å². The molecule has 118 valence electrons. The van der Waals surface area contributed by atoms with E-state index < -0.39 is 0 Å². The summed E-state index contributed by atoms with van der Waals surface area (Å²) in [7, 11) is 1.64. The van der Waals surface area contributed by atoms with Gasteiger partial charge in [-0.3, -0.25) is 4.79 Å². The number of aryl methyl sites for hydroxylation is 1. The summed E-state index contributed by atoms with van der Waals surface area (Å²) in [5.74, 6) is 1.17. The highest BCUT2D eigenvalue weighted by Crippen LogP contribution is 2.24. The molecule has 1 heterocycles. The topological polar surface area (TPSA) is 70.1 Å². The molecule has 0 aliphatic rings. The van der Waals surface area contributed by atoms with E-state index in [0.29, 0.717) is 18.2 Å². The van der Waals surface area contributed by atoms with Gasteiger partial charge >= 0.3 is 0 Å². The van der Waals surface area contributed by atoms with Gasteiger partial charge in [0.15, 0.2) is 0 Å². The third-order valence-electron chi connectivity index (χ3n) is 3.52. The van der Waals surface area contributed by atoms with Gasteiger partial charge in [0.2, 0.25) is 0 Å². The number of aromatic nitrogens is 2. The van der Waals surface area contributed by atoms with Gasteiger partial charge in [-0.2, -0.15) is 5.10 Å². The van der Waals surface area contributed by atoms with E-state index in [1.807, 2.05) is 39.0 Å². The van der Waals surface area contributed by atoms with Crippen molar-refractivity contribution in [3.8, 4) is 5.75 Å². The first-order valence-electron chi connectivity index (χ1n) is 7.40. The first-order chi connectivity index (χ1) is 10.4. The zero-order chi connectivity index (χ0) is 16.3. The molecule has 5 heteroatoms. The Kier molecular flexibility index (Phi) is 4.98. The second-order valence-electron chi connectivity index (χ2n) is 5.88. The molecule has 0 fully saturated rings. The maximum Gasteiger partial charge on any atom is 0.266 e. The third-order valence-corrected chi connectivity index (χ3v) is 3.52. The standard InChI is InChI=1S/C17H23N3O2/c1-11(2)10-20-16(21)8-6-14(19-20)17(18)13-5-7-15(22-4)12(3)9-13/h5-9,11,17H,10,18H2,1-4H3. The summed E-state index contributed by atoms with van der Waals surface area (Å²) >= 11 is 0. The number of nitrogens with two attached hydrogens (primary N) is 1. The summed E-state index contributed by atoms with van der Waals surface area (Å²) in [6, 6.07) is 8.67. The molecule has 22 heavy (non-hydrogen) atoms. The summed E-state index contributed by atoms with van der Waals surface area (Å²) in [6.07, 6.45) is 0. The number of nitrogens with zero attached hydrogens (tertiary/aromatic N) is 2. The van der Waals surface area contributed by atoms with Crippen LogP contribution in [0.25, 0.3) is 0 Å². The molecule has 2 aromatic rings. The van der Waals surface area contributed by atoms with Crippen molar-refractivity contribution in [1.82, 2.24) is 9.78 Å². The lowest BCUT2D eigenvalue weighted by atomic mass is 10.0. The van der Waals surface area contributed by atoms with Crippen molar-refractivity contribution in [3.05, 3.63) is 57.5 Å². The molecule has 1 aromatic heterocycles. The molecular weight excluding hydrogens is 278 g/mol. The summed E-state index contributed by atoms with van der Waals surface area (Å²) in [5, 5.41) is 4.41. The maximum absolute atomic E-state index is 11.8. The molecule has 0 aliphatic heterocycles. The monoisotopic (exact) mass is 301 g/mol. The van der Waals surface area contributed by atoms with E-state index >= 15 is 0 Å². The van der Waals surface area contributed by atoms with Crippen molar-refractivity contribution in [3.63, 3.8) is 0 Å². The van der Waals surface area contributed by atoms with Gasteiger partial charge in [0.1, 0.15) is 5.75 Å². The minimum Gasteiger partial charge on any atom is -0.496 e. The largest absolute Gasteiger partial charge is 0.496 e. The van der Waals surface area contributed by atoms with Gasteiger partial charge in [-0.15, -0.1) is 0 Å². The fraction of sp³-hybridized carbons (Fsp3) is 0.412. The van der Waals surface area contributed by atoms with Gasteiger partial charge in [0.05, 0.1) is 18.8 Å². The summed E-state index contributed by atoms with van der Waals surface area (Å²) in [4.78, 5) is 11.8. The summed E-state index contributed by atoms with van der Waals surface area (Å²) in [6.45, 7) is 6.66. The molecule has 5 nitrogen and oxygen atoms in total. The average Bonchev–Trinajstić information content (AvgIpc) is 2.48.